The molecule has 4 saturated carbocycles. The van der Waals surface area contributed by atoms with Gasteiger partial charge in [0.25, 0.3) is 0 Å². The highest BCUT2D eigenvalue weighted by atomic mass is 16.6. The van der Waals surface area contributed by atoms with Crippen LogP contribution in [0.2, 0.25) is 0 Å². The predicted molar refractivity (Wildman–Crippen MR) is 143 cm³/mol. The number of nitrogens with one attached hydrogen (secondary N) is 1. The molecule has 1 saturated heterocycles. The Labute approximate surface area is 239 Å². The number of ether oxygens (including phenoxy) is 3. The maximum Gasteiger partial charge on any atom is 0.410 e. The zero-order valence-corrected chi connectivity index (χ0v) is 24.1. The summed E-state index contributed by atoms with van der Waals surface area (Å²) in [6, 6.07) is 0. The van der Waals surface area contributed by atoms with Crippen molar-refractivity contribution in [2.75, 3.05) is 26.2 Å². The molecule has 226 valence electrons. The molecule has 2 amide bonds. The monoisotopic (exact) mass is 574 g/mol. The van der Waals surface area contributed by atoms with E-state index < -0.39 is 52.3 Å². The fourth-order valence-electron chi connectivity index (χ4n) is 9.85. The van der Waals surface area contributed by atoms with Gasteiger partial charge in [0.15, 0.2) is 0 Å². The van der Waals surface area contributed by atoms with Crippen LogP contribution in [0.5, 0.6) is 0 Å². The van der Waals surface area contributed by atoms with E-state index in [0.717, 1.165) is 12.0 Å². The van der Waals surface area contributed by atoms with Crippen molar-refractivity contribution >= 4 is 23.9 Å². The first kappa shape index (κ1) is 28.5. The number of nitrogens with zero attached hydrogens (tertiary/aromatic N) is 1. The molecule has 0 spiro atoms. The van der Waals surface area contributed by atoms with Crippen LogP contribution in [0, 0.1) is 28.6 Å². The molecule has 2 aliphatic heterocycles. The molecule has 0 unspecified atom stereocenters. The van der Waals surface area contributed by atoms with Gasteiger partial charge in [0, 0.05) is 50.3 Å². The van der Waals surface area contributed by atoms with Crippen molar-refractivity contribution in [2.24, 2.45) is 28.6 Å². The zero-order chi connectivity index (χ0) is 29.4. The average Bonchev–Trinajstić information content (AvgIpc) is 3.41. The Bertz CT molecular complexity index is 1190. The molecular weight excluding hydrogens is 532 g/mol. The first-order valence-electron chi connectivity index (χ1n) is 15.0. The van der Waals surface area contributed by atoms with Crippen molar-refractivity contribution < 1.29 is 43.6 Å². The minimum absolute atomic E-state index is 0.0222. The van der Waals surface area contributed by atoms with E-state index in [-0.39, 0.29) is 43.2 Å². The van der Waals surface area contributed by atoms with Crippen LogP contribution in [-0.4, -0.2) is 88.7 Å². The van der Waals surface area contributed by atoms with Gasteiger partial charge in [-0.15, -0.1) is 0 Å². The molecule has 6 aliphatic rings. The third-order valence-corrected chi connectivity index (χ3v) is 11.9. The van der Waals surface area contributed by atoms with Gasteiger partial charge in [-0.05, 0) is 61.3 Å². The number of hydrogen-bond acceptors (Lipinski definition) is 9. The second kappa shape index (κ2) is 9.69. The third kappa shape index (κ3) is 4.28. The van der Waals surface area contributed by atoms with Gasteiger partial charge >= 0.3 is 18.0 Å². The smallest absolute Gasteiger partial charge is 0.410 e. The van der Waals surface area contributed by atoms with Crippen LogP contribution < -0.4 is 5.32 Å². The number of aliphatic hydroxyl groups is 2. The van der Waals surface area contributed by atoms with E-state index in [1.165, 1.54) is 17.9 Å². The van der Waals surface area contributed by atoms with Crippen molar-refractivity contribution in [3.8, 4) is 0 Å². The summed E-state index contributed by atoms with van der Waals surface area (Å²) in [6.45, 7) is 6.44. The lowest BCUT2D eigenvalue weighted by Crippen LogP contribution is -2.67. The quantitative estimate of drug-likeness (QED) is 0.339. The lowest BCUT2D eigenvalue weighted by molar-refractivity contribution is -0.255. The number of esters is 2. The van der Waals surface area contributed by atoms with E-state index in [9.17, 15) is 29.4 Å². The van der Waals surface area contributed by atoms with Crippen LogP contribution in [0.1, 0.15) is 72.1 Å². The van der Waals surface area contributed by atoms with Gasteiger partial charge in [0.05, 0.1) is 11.2 Å². The highest BCUT2D eigenvalue weighted by Crippen LogP contribution is 2.71. The van der Waals surface area contributed by atoms with Gasteiger partial charge in [0.1, 0.15) is 25.4 Å². The Kier molecular flexibility index (Phi) is 6.73. The van der Waals surface area contributed by atoms with E-state index in [2.05, 4.69) is 19.2 Å². The number of amides is 2. The number of carbonyl (C=O) groups is 4. The fourth-order valence-corrected chi connectivity index (χ4v) is 9.85. The molecule has 0 aromatic rings. The van der Waals surface area contributed by atoms with Gasteiger partial charge in [-0.3, -0.25) is 14.5 Å². The van der Waals surface area contributed by atoms with E-state index in [4.69, 9.17) is 14.2 Å². The van der Waals surface area contributed by atoms with Crippen LogP contribution in [0.25, 0.3) is 0 Å². The van der Waals surface area contributed by atoms with E-state index in [0.29, 0.717) is 51.6 Å². The molecule has 4 aliphatic carbocycles. The number of piperazine rings is 1. The molecule has 6 rings (SSSR count). The van der Waals surface area contributed by atoms with E-state index in [1.54, 1.807) is 0 Å². The molecule has 11 nitrogen and oxygen atoms in total. The van der Waals surface area contributed by atoms with Crippen LogP contribution >= 0.6 is 0 Å². The maximum absolute atomic E-state index is 12.8. The molecule has 0 aromatic heterocycles. The van der Waals surface area contributed by atoms with Crippen molar-refractivity contribution in [3.63, 3.8) is 0 Å². The lowest BCUT2D eigenvalue weighted by Gasteiger charge is -2.66. The Hall–Kier alpha value is -2.66. The summed E-state index contributed by atoms with van der Waals surface area (Å²) < 4.78 is 16.8. The summed E-state index contributed by atoms with van der Waals surface area (Å²) in [7, 11) is 0. The lowest BCUT2D eigenvalue weighted by atomic mass is 9.42. The summed E-state index contributed by atoms with van der Waals surface area (Å²) in [4.78, 5) is 50.0. The second-order valence-electron chi connectivity index (χ2n) is 13.8. The topological polar surface area (TPSA) is 152 Å². The molecule has 2 heterocycles. The van der Waals surface area contributed by atoms with Crippen LogP contribution in [0.15, 0.2) is 11.6 Å². The summed E-state index contributed by atoms with van der Waals surface area (Å²) in [6.07, 6.45) is 4.25. The second-order valence-corrected chi connectivity index (χ2v) is 13.8. The van der Waals surface area contributed by atoms with Crippen molar-refractivity contribution in [3.05, 3.63) is 11.6 Å². The third-order valence-electron chi connectivity index (χ3n) is 11.9. The molecule has 41 heavy (non-hydrogen) atoms. The number of cyclic esters (lactones) is 1. The maximum atomic E-state index is 12.8. The number of rotatable bonds is 3. The van der Waals surface area contributed by atoms with Crippen LogP contribution in [-0.2, 0) is 28.6 Å². The average molecular weight is 575 g/mol. The summed E-state index contributed by atoms with van der Waals surface area (Å²) in [5, 5.41) is 27.5. The minimum Gasteiger partial charge on any atom is -0.462 e. The fraction of sp³-hybridized carbons (Fsp3) is 0.800. The molecule has 5 fully saturated rings. The standard InChI is InChI=1S/C30H42N2O9/c1-17(33)40-22-14-30(38)21-6-9-29(37)13-19(41-26(36)32-11-10-31-23(34)15-32)4-7-27(29,2)20(21)5-8-28(30,3)25(22)18-12-24(35)39-16-18/h12,19-22,25,37-38H,4-11,13-16H2,1-3H3,(H,31,34)/t19-,20-,21+,22-,25-,27+,28+,29-,30-/m0/s1. The van der Waals surface area contributed by atoms with Crippen LogP contribution in [0.3, 0.4) is 0 Å². The zero-order valence-electron chi connectivity index (χ0n) is 24.1. The molecule has 9 atom stereocenters. The molecule has 11 heteroatoms. The predicted octanol–water partition coefficient (Wildman–Crippen LogP) is 1.84. The van der Waals surface area contributed by atoms with Crippen molar-refractivity contribution in [1.82, 2.24) is 10.2 Å². The number of fused-ring (bicyclic) bond motifs is 5. The Morgan fingerprint density at radius 3 is 2.44 bits per heavy atom. The highest BCUT2D eigenvalue weighted by Gasteiger charge is 2.72. The normalized spacial score (nSPS) is 45.4. The van der Waals surface area contributed by atoms with Crippen molar-refractivity contribution in [1.29, 1.82) is 0 Å². The Morgan fingerprint density at radius 2 is 1.76 bits per heavy atom. The van der Waals surface area contributed by atoms with Gasteiger partial charge in [-0.2, -0.15) is 0 Å². The summed E-state index contributed by atoms with van der Waals surface area (Å²) in [5.74, 6) is -1.48. The summed E-state index contributed by atoms with van der Waals surface area (Å²) >= 11 is 0. The first-order chi connectivity index (χ1) is 19.3. The SMILES string of the molecule is CC(=O)O[C@H]1C[C@]2(O)[C@@H]3CC[C@]4(O)C[C@@H](OC(=O)N5CCNC(=O)C5)CC[C@]4(C)[C@H]3CC[C@]2(C)[C@H]1C1=CC(=O)OC1. The molecular formula is C30H42N2O9. The van der Waals surface area contributed by atoms with E-state index in [1.807, 2.05) is 0 Å². The van der Waals surface area contributed by atoms with Gasteiger partial charge in [0.2, 0.25) is 5.91 Å². The van der Waals surface area contributed by atoms with Gasteiger partial charge in [-0.1, -0.05) is 13.8 Å². The van der Waals surface area contributed by atoms with Gasteiger partial charge < -0.3 is 29.7 Å². The van der Waals surface area contributed by atoms with Gasteiger partial charge in [-0.25, -0.2) is 9.59 Å². The molecule has 0 aromatic carbocycles. The Balaban J connectivity index is 1.23. The molecule has 0 bridgehead atoms. The van der Waals surface area contributed by atoms with Crippen LogP contribution in [0.4, 0.5) is 4.79 Å². The minimum atomic E-state index is -1.16. The van der Waals surface area contributed by atoms with Crippen molar-refractivity contribution in [2.45, 2.75) is 95.5 Å². The Morgan fingerprint density at radius 1 is 1.02 bits per heavy atom. The number of hydrogen-bond donors (Lipinski definition) is 3. The first-order valence-corrected chi connectivity index (χ1v) is 15.0. The number of carbonyl (C=O) groups excluding carboxylic acids is 4. The highest BCUT2D eigenvalue weighted by molar-refractivity contribution is 5.85. The largest absolute Gasteiger partial charge is 0.462 e. The molecule has 0 radical (unpaired) electrons. The molecule has 3 N–H and O–H groups in total. The van der Waals surface area contributed by atoms with E-state index >= 15 is 0 Å². The summed E-state index contributed by atoms with van der Waals surface area (Å²) in [5.41, 5.74) is -2.59.